The van der Waals surface area contributed by atoms with E-state index in [-0.39, 0.29) is 22.4 Å². The zero-order chi connectivity index (χ0) is 10.7. The van der Waals surface area contributed by atoms with E-state index in [2.05, 4.69) is 0 Å². The van der Waals surface area contributed by atoms with Gasteiger partial charge in [-0.1, -0.05) is 41.5 Å². The van der Waals surface area contributed by atoms with E-state index in [1.165, 1.54) is 0 Å². The van der Waals surface area contributed by atoms with E-state index in [0.29, 0.717) is 0 Å². The SMILES string of the molecule is CC(C)[O-].CC(C)[O-].CC(C)[O-].[Au+3]. The fraction of sp³-hybridized carbons (Fsp3) is 1.00. The molecule has 0 amide bonds. The van der Waals surface area contributed by atoms with E-state index in [1.54, 1.807) is 41.5 Å². The minimum atomic E-state index is -0.417. The third-order valence-electron chi connectivity index (χ3n) is 0. The van der Waals surface area contributed by atoms with Gasteiger partial charge in [0.25, 0.3) is 0 Å². The second-order valence-electron chi connectivity index (χ2n) is 3.15. The van der Waals surface area contributed by atoms with Gasteiger partial charge in [0.1, 0.15) is 0 Å². The molecule has 0 rings (SSSR count). The smallest absolute Gasteiger partial charge is 0.852 e. The maximum Gasteiger partial charge on any atom is 3.00 e. The molecule has 0 bridgehead atoms. The van der Waals surface area contributed by atoms with Crippen molar-refractivity contribution in [1.29, 1.82) is 0 Å². The first kappa shape index (κ1) is 23.4. The van der Waals surface area contributed by atoms with Crippen molar-refractivity contribution in [2.24, 2.45) is 0 Å². The van der Waals surface area contributed by atoms with Crippen LogP contribution in [0.2, 0.25) is 0 Å². The van der Waals surface area contributed by atoms with Crippen molar-refractivity contribution in [3.05, 3.63) is 0 Å². The summed E-state index contributed by atoms with van der Waals surface area (Å²) in [5.41, 5.74) is 0. The molecule has 0 radical (unpaired) electrons. The largest absolute Gasteiger partial charge is 3.00 e. The summed E-state index contributed by atoms with van der Waals surface area (Å²) < 4.78 is 0. The van der Waals surface area contributed by atoms with Crippen molar-refractivity contribution >= 4 is 0 Å². The Morgan fingerprint density at radius 1 is 0.538 bits per heavy atom. The van der Waals surface area contributed by atoms with Crippen molar-refractivity contribution < 1.29 is 37.7 Å². The summed E-state index contributed by atoms with van der Waals surface area (Å²) in [6.45, 7) is 9.67. The van der Waals surface area contributed by atoms with Crippen LogP contribution in [0.25, 0.3) is 0 Å². The summed E-state index contributed by atoms with van der Waals surface area (Å²) in [5.74, 6) is 0. The van der Waals surface area contributed by atoms with Crippen LogP contribution >= 0.6 is 0 Å². The van der Waals surface area contributed by atoms with Crippen molar-refractivity contribution in [3.63, 3.8) is 0 Å². The van der Waals surface area contributed by atoms with Crippen molar-refractivity contribution in [2.75, 3.05) is 0 Å². The fourth-order valence-corrected chi connectivity index (χ4v) is 0. The zero-order valence-electron chi connectivity index (χ0n) is 9.26. The van der Waals surface area contributed by atoms with Gasteiger partial charge in [0.15, 0.2) is 0 Å². The molecule has 3 nitrogen and oxygen atoms in total. The number of rotatable bonds is 0. The topological polar surface area (TPSA) is 69.2 Å². The van der Waals surface area contributed by atoms with Crippen LogP contribution in [0, 0.1) is 0 Å². The number of hydrogen-bond donors (Lipinski definition) is 0. The van der Waals surface area contributed by atoms with E-state index in [9.17, 15) is 15.3 Å². The van der Waals surface area contributed by atoms with Crippen LogP contribution in [-0.2, 0) is 22.4 Å². The molecule has 0 fully saturated rings. The molecule has 0 aliphatic rings. The Bertz CT molecular complexity index is 43.4. The van der Waals surface area contributed by atoms with Gasteiger partial charge in [-0.05, 0) is 0 Å². The molecule has 0 heterocycles. The van der Waals surface area contributed by atoms with Crippen LogP contribution in [0.3, 0.4) is 0 Å². The van der Waals surface area contributed by atoms with Crippen molar-refractivity contribution in [1.82, 2.24) is 0 Å². The first-order chi connectivity index (χ1) is 5.20. The van der Waals surface area contributed by atoms with Crippen LogP contribution in [0.15, 0.2) is 0 Å². The van der Waals surface area contributed by atoms with Gasteiger partial charge < -0.3 is 15.3 Å². The summed E-state index contributed by atoms with van der Waals surface area (Å²) in [4.78, 5) is 0. The van der Waals surface area contributed by atoms with E-state index in [0.717, 1.165) is 0 Å². The minimum Gasteiger partial charge on any atom is -0.852 e. The molecule has 4 heteroatoms. The molecule has 0 unspecified atom stereocenters. The van der Waals surface area contributed by atoms with Gasteiger partial charge in [0, 0.05) is 0 Å². The van der Waals surface area contributed by atoms with Gasteiger partial charge in [-0.25, -0.2) is 0 Å². The predicted molar refractivity (Wildman–Crippen MR) is 45.4 cm³/mol. The molecule has 0 aliphatic heterocycles. The van der Waals surface area contributed by atoms with Crippen LogP contribution in [0.4, 0.5) is 0 Å². The molecule has 0 spiro atoms. The predicted octanol–water partition coefficient (Wildman–Crippen LogP) is -0.737. The maximum atomic E-state index is 9.53. The van der Waals surface area contributed by atoms with Crippen LogP contribution in [-0.4, -0.2) is 18.3 Å². The Kier molecular flexibility index (Phi) is 33.2. The molecular weight excluding hydrogens is 353 g/mol. The standard InChI is InChI=1S/3C3H7O.Au/c3*1-3(2)4;/h3*3H,1-2H3;/q3*-1;+3. The van der Waals surface area contributed by atoms with E-state index >= 15 is 0 Å². The third-order valence-corrected chi connectivity index (χ3v) is 0. The van der Waals surface area contributed by atoms with Crippen LogP contribution in [0.5, 0.6) is 0 Å². The Morgan fingerprint density at radius 3 is 0.538 bits per heavy atom. The molecule has 0 aromatic rings. The fourth-order valence-electron chi connectivity index (χ4n) is 0. The monoisotopic (exact) mass is 374 g/mol. The summed E-state index contributed by atoms with van der Waals surface area (Å²) >= 11 is 0. The molecule has 13 heavy (non-hydrogen) atoms. The van der Waals surface area contributed by atoms with Gasteiger partial charge in [-0.15, -0.1) is 18.3 Å². The first-order valence-corrected chi connectivity index (χ1v) is 4.17. The van der Waals surface area contributed by atoms with E-state index < -0.39 is 18.3 Å². The van der Waals surface area contributed by atoms with Gasteiger partial charge >= 0.3 is 22.4 Å². The van der Waals surface area contributed by atoms with Gasteiger partial charge in [0.2, 0.25) is 0 Å². The molecule has 0 aromatic heterocycles. The van der Waals surface area contributed by atoms with Crippen molar-refractivity contribution in [3.8, 4) is 0 Å². The average Bonchev–Trinajstić information content (AvgIpc) is 1.54. The normalized spacial score (nSPS) is 8.31. The zero-order valence-corrected chi connectivity index (χ0v) is 11.4. The Labute approximate surface area is 97.7 Å². The maximum absolute atomic E-state index is 9.53. The van der Waals surface area contributed by atoms with Gasteiger partial charge in [-0.2, -0.15) is 0 Å². The second-order valence-corrected chi connectivity index (χ2v) is 3.15. The molecule has 0 aromatic carbocycles. The number of hydrogen-bond acceptors (Lipinski definition) is 3. The van der Waals surface area contributed by atoms with Crippen molar-refractivity contribution in [2.45, 2.75) is 59.9 Å². The van der Waals surface area contributed by atoms with E-state index in [4.69, 9.17) is 0 Å². The Hall–Kier alpha value is 0.620. The van der Waals surface area contributed by atoms with Crippen LogP contribution < -0.4 is 15.3 Å². The van der Waals surface area contributed by atoms with E-state index in [1.807, 2.05) is 0 Å². The van der Waals surface area contributed by atoms with Crippen LogP contribution in [0.1, 0.15) is 41.5 Å². The third kappa shape index (κ3) is 3700. The summed E-state index contributed by atoms with van der Waals surface area (Å²) in [5, 5.41) is 28.6. The quantitative estimate of drug-likeness (QED) is 0.525. The molecule has 0 saturated heterocycles. The van der Waals surface area contributed by atoms with Gasteiger partial charge in [-0.3, -0.25) is 0 Å². The molecule has 0 N–H and O–H groups in total. The second kappa shape index (κ2) is 18.4. The Morgan fingerprint density at radius 2 is 0.538 bits per heavy atom. The summed E-state index contributed by atoms with van der Waals surface area (Å²) in [6, 6.07) is 0. The molecular formula is C9H21AuO3. The van der Waals surface area contributed by atoms with Gasteiger partial charge in [0.05, 0.1) is 0 Å². The molecule has 0 atom stereocenters. The summed E-state index contributed by atoms with van der Waals surface area (Å²) in [6.07, 6.45) is -1.25. The first-order valence-electron chi connectivity index (χ1n) is 4.17. The average molecular weight is 374 g/mol. The molecule has 0 saturated carbocycles. The molecule has 86 valence electrons. The molecule has 0 aliphatic carbocycles. The Balaban J connectivity index is -0.0000000450. The minimum absolute atomic E-state index is 0. The summed E-state index contributed by atoms with van der Waals surface area (Å²) in [7, 11) is 0.